The zero-order valence-corrected chi connectivity index (χ0v) is 9.09. The summed E-state index contributed by atoms with van der Waals surface area (Å²) in [6, 6.07) is 4.50. The lowest BCUT2D eigenvalue weighted by atomic mass is 10.3. The van der Waals surface area contributed by atoms with Crippen molar-refractivity contribution in [3.8, 4) is 0 Å². The molecule has 78 valence electrons. The summed E-state index contributed by atoms with van der Waals surface area (Å²) in [6.45, 7) is 5.14. The highest BCUT2D eigenvalue weighted by Gasteiger charge is 2.00. The fraction of sp³-hybridized carbons (Fsp3) is 0.333. The van der Waals surface area contributed by atoms with Gasteiger partial charge < -0.3 is 9.13 Å². The zero-order chi connectivity index (χ0) is 10.7. The molecule has 3 heteroatoms. The highest BCUT2D eigenvalue weighted by molar-refractivity contribution is 5.07. The summed E-state index contributed by atoms with van der Waals surface area (Å²) in [6.07, 6.45) is 11.0. The van der Waals surface area contributed by atoms with Crippen LogP contribution in [0.2, 0.25) is 0 Å². The normalized spacial score (nSPS) is 10.9. The maximum atomic E-state index is 4.00. The predicted octanol–water partition coefficient (Wildman–Crippen LogP) is 1.60. The highest BCUT2D eigenvalue weighted by Crippen LogP contribution is 2.00. The Kier molecular flexibility index (Phi) is 2.81. The minimum atomic E-state index is 0.462. The van der Waals surface area contributed by atoms with Crippen molar-refractivity contribution in [1.82, 2.24) is 9.55 Å². The molecular weight excluding hydrogens is 186 g/mol. The molecule has 3 nitrogen and oxygen atoms in total. The fourth-order valence-electron chi connectivity index (χ4n) is 1.43. The van der Waals surface area contributed by atoms with E-state index in [1.807, 2.05) is 36.9 Å². The summed E-state index contributed by atoms with van der Waals surface area (Å²) >= 11 is 0. The first-order valence-electron chi connectivity index (χ1n) is 5.14. The molecule has 0 N–H and O–H groups in total. The van der Waals surface area contributed by atoms with E-state index in [1.54, 1.807) is 0 Å². The Morgan fingerprint density at radius 2 is 2.13 bits per heavy atom. The van der Waals surface area contributed by atoms with Gasteiger partial charge in [0.25, 0.3) is 0 Å². The second-order valence-electron chi connectivity index (χ2n) is 3.88. The number of hydrogen-bond acceptors (Lipinski definition) is 1. The van der Waals surface area contributed by atoms with E-state index in [4.69, 9.17) is 0 Å². The van der Waals surface area contributed by atoms with Crippen molar-refractivity contribution in [1.29, 1.82) is 0 Å². The summed E-state index contributed by atoms with van der Waals surface area (Å²) in [4.78, 5) is 4.00. The molecule has 15 heavy (non-hydrogen) atoms. The molecular formula is C12H15N3. The Balaban J connectivity index is 2.12. The van der Waals surface area contributed by atoms with Crippen LogP contribution in [0.1, 0.15) is 25.5 Å². The standard InChI is InChI=1S/C12H15N3/c1-11(2)15-8-7-14(10-15)9-12-3-5-13-6-4-12/h3-8,11H,9H2,1-2H3. The molecule has 0 aliphatic heterocycles. The van der Waals surface area contributed by atoms with E-state index >= 15 is 0 Å². The Morgan fingerprint density at radius 1 is 1.40 bits per heavy atom. The van der Waals surface area contributed by atoms with Crippen molar-refractivity contribution in [2.75, 3.05) is 0 Å². The van der Waals surface area contributed by atoms with Gasteiger partial charge in [-0.3, -0.25) is 4.98 Å². The van der Waals surface area contributed by atoms with E-state index < -0.39 is 0 Å². The Morgan fingerprint density at radius 3 is 2.73 bits per heavy atom. The van der Waals surface area contributed by atoms with E-state index in [9.17, 15) is 0 Å². The van der Waals surface area contributed by atoms with Crippen molar-refractivity contribution >= 4 is 0 Å². The monoisotopic (exact) mass is 201 g/mol. The lowest BCUT2D eigenvalue weighted by molar-refractivity contribution is -0.692. The minimum absolute atomic E-state index is 0.462. The molecule has 0 aromatic carbocycles. The van der Waals surface area contributed by atoms with Crippen LogP contribution in [-0.2, 0) is 6.54 Å². The van der Waals surface area contributed by atoms with Crippen molar-refractivity contribution in [3.63, 3.8) is 0 Å². The van der Waals surface area contributed by atoms with Gasteiger partial charge in [-0.25, -0.2) is 0 Å². The molecule has 2 aromatic rings. The van der Waals surface area contributed by atoms with Crippen LogP contribution >= 0.6 is 0 Å². The Bertz CT molecular complexity index is 417. The minimum Gasteiger partial charge on any atom is -0.349 e. The summed E-state index contributed by atoms with van der Waals surface area (Å²) in [5, 5.41) is 0. The van der Waals surface area contributed by atoms with Crippen LogP contribution in [0.25, 0.3) is 0 Å². The predicted molar refractivity (Wildman–Crippen MR) is 57.2 cm³/mol. The van der Waals surface area contributed by atoms with Gasteiger partial charge >= 0.3 is 0 Å². The second kappa shape index (κ2) is 4.26. The Labute approximate surface area is 90.0 Å². The van der Waals surface area contributed by atoms with Gasteiger partial charge in [-0.1, -0.05) is 0 Å². The summed E-state index contributed by atoms with van der Waals surface area (Å²) in [5.41, 5.74) is 1.24. The highest BCUT2D eigenvalue weighted by atomic mass is 15.1. The van der Waals surface area contributed by atoms with Crippen molar-refractivity contribution < 1.29 is 4.57 Å². The molecule has 2 aromatic heterocycles. The number of pyridine rings is 1. The third-order valence-electron chi connectivity index (χ3n) is 2.31. The third-order valence-corrected chi connectivity index (χ3v) is 2.31. The van der Waals surface area contributed by atoms with E-state index in [0.717, 1.165) is 6.54 Å². The second-order valence-corrected chi connectivity index (χ2v) is 3.88. The first-order valence-corrected chi connectivity index (χ1v) is 5.14. The first-order chi connectivity index (χ1) is 7.25. The molecule has 2 rings (SSSR count). The quantitative estimate of drug-likeness (QED) is 0.546. The van der Waals surface area contributed by atoms with Gasteiger partial charge in [0, 0.05) is 12.4 Å². The number of aromatic nitrogens is 3. The molecule has 0 unspecified atom stereocenters. The van der Waals surface area contributed by atoms with Crippen LogP contribution in [0, 0.1) is 6.33 Å². The average molecular weight is 201 g/mol. The fourth-order valence-corrected chi connectivity index (χ4v) is 1.43. The van der Waals surface area contributed by atoms with Gasteiger partial charge in [0.05, 0.1) is 12.6 Å². The number of nitrogens with zero attached hydrogens (tertiary/aromatic N) is 3. The molecule has 0 fully saturated rings. The smallest absolute Gasteiger partial charge is 0.204 e. The van der Waals surface area contributed by atoms with Gasteiger partial charge in [0.1, 0.15) is 0 Å². The lowest BCUT2D eigenvalue weighted by Crippen LogP contribution is -2.32. The molecule has 0 saturated carbocycles. The van der Waals surface area contributed by atoms with Crippen LogP contribution in [0.5, 0.6) is 0 Å². The van der Waals surface area contributed by atoms with E-state index in [-0.39, 0.29) is 0 Å². The molecule has 0 aliphatic rings. The number of hydrogen-bond donors (Lipinski definition) is 0. The van der Waals surface area contributed by atoms with Crippen molar-refractivity contribution in [3.05, 3.63) is 48.8 Å². The number of imidazole rings is 1. The topological polar surface area (TPSA) is 21.7 Å². The molecule has 0 saturated heterocycles. The van der Waals surface area contributed by atoms with Gasteiger partial charge in [-0.2, -0.15) is 0 Å². The van der Waals surface area contributed by atoms with Gasteiger partial charge in [-0.15, -0.1) is 0 Å². The number of rotatable bonds is 3. The van der Waals surface area contributed by atoms with Crippen LogP contribution in [-0.4, -0.2) is 9.55 Å². The average Bonchev–Trinajstić information content (AvgIpc) is 2.68. The first kappa shape index (κ1) is 9.90. The SMILES string of the molecule is CC(C)n1[c-][n+](Cc2ccncc2)cc1. The van der Waals surface area contributed by atoms with Crippen LogP contribution in [0.15, 0.2) is 36.9 Å². The molecule has 2 heterocycles. The van der Waals surface area contributed by atoms with Crippen molar-refractivity contribution in [2.24, 2.45) is 0 Å². The van der Waals surface area contributed by atoms with Crippen LogP contribution < -0.4 is 4.57 Å². The van der Waals surface area contributed by atoms with Gasteiger partial charge in [0.15, 0.2) is 0 Å². The molecule has 0 aliphatic carbocycles. The molecule has 0 atom stereocenters. The van der Waals surface area contributed by atoms with Gasteiger partial charge in [0.2, 0.25) is 6.33 Å². The maximum absolute atomic E-state index is 4.00. The molecule has 0 amide bonds. The molecule has 0 radical (unpaired) electrons. The van der Waals surface area contributed by atoms with Gasteiger partial charge in [-0.05, 0) is 43.9 Å². The third kappa shape index (κ3) is 2.43. The Hall–Kier alpha value is -1.64. The largest absolute Gasteiger partial charge is 0.349 e. The van der Waals surface area contributed by atoms with E-state index in [0.29, 0.717) is 6.04 Å². The molecule has 0 bridgehead atoms. The van der Waals surface area contributed by atoms with Crippen molar-refractivity contribution in [2.45, 2.75) is 26.4 Å². The zero-order valence-electron chi connectivity index (χ0n) is 9.09. The maximum Gasteiger partial charge on any atom is 0.204 e. The molecule has 0 spiro atoms. The summed E-state index contributed by atoms with van der Waals surface area (Å²) in [5.74, 6) is 0. The van der Waals surface area contributed by atoms with E-state index in [2.05, 4.69) is 34.3 Å². The van der Waals surface area contributed by atoms with E-state index in [1.165, 1.54) is 5.56 Å². The van der Waals surface area contributed by atoms with Crippen LogP contribution in [0.3, 0.4) is 0 Å². The summed E-state index contributed by atoms with van der Waals surface area (Å²) < 4.78 is 4.12. The van der Waals surface area contributed by atoms with Crippen LogP contribution in [0.4, 0.5) is 0 Å². The summed E-state index contributed by atoms with van der Waals surface area (Å²) in [7, 11) is 0. The lowest BCUT2D eigenvalue weighted by Gasteiger charge is -2.04.